The number of aromatic nitrogens is 2. The third-order valence-corrected chi connectivity index (χ3v) is 4.89. The maximum Gasteiger partial charge on any atom is 0.321 e. The normalized spacial score (nSPS) is 20.6. The van der Waals surface area contributed by atoms with Crippen molar-refractivity contribution < 1.29 is 9.59 Å². The number of benzene rings is 1. The van der Waals surface area contributed by atoms with Gasteiger partial charge in [-0.2, -0.15) is 0 Å². The highest BCUT2D eigenvalue weighted by molar-refractivity contribution is 5.98. The minimum Gasteiger partial charge on any atom is -0.337 e. The number of urea groups is 1. The van der Waals surface area contributed by atoms with E-state index in [1.54, 1.807) is 11.1 Å². The van der Waals surface area contributed by atoms with Crippen molar-refractivity contribution in [1.82, 2.24) is 19.8 Å². The van der Waals surface area contributed by atoms with Crippen LogP contribution < -0.4 is 10.2 Å². The van der Waals surface area contributed by atoms with E-state index in [0.29, 0.717) is 25.2 Å². The van der Waals surface area contributed by atoms with E-state index in [9.17, 15) is 9.59 Å². The van der Waals surface area contributed by atoms with Crippen LogP contribution in [0.3, 0.4) is 0 Å². The molecule has 3 heterocycles. The number of nitrogens with zero attached hydrogens (tertiary/aromatic N) is 4. The summed E-state index contributed by atoms with van der Waals surface area (Å²) in [7, 11) is 0. The third-order valence-electron chi connectivity index (χ3n) is 4.89. The van der Waals surface area contributed by atoms with E-state index in [1.165, 1.54) is 0 Å². The number of likely N-dealkylation sites (tertiary alicyclic amines) is 1. The van der Waals surface area contributed by atoms with E-state index in [0.717, 1.165) is 25.1 Å². The molecule has 0 unspecified atom stereocenters. The molecule has 0 aliphatic carbocycles. The fourth-order valence-electron chi connectivity index (χ4n) is 3.58. The lowest BCUT2D eigenvalue weighted by Crippen LogP contribution is -2.40. The molecule has 130 valence electrons. The summed E-state index contributed by atoms with van der Waals surface area (Å²) in [6.07, 6.45) is 7.55. The fourth-order valence-corrected chi connectivity index (χ4v) is 3.58. The molecule has 4 rings (SSSR count). The molecule has 7 heteroatoms. The van der Waals surface area contributed by atoms with Crippen LogP contribution in [0.5, 0.6) is 0 Å². The summed E-state index contributed by atoms with van der Waals surface area (Å²) in [6.45, 7) is 2.71. The van der Waals surface area contributed by atoms with Crippen LogP contribution >= 0.6 is 0 Å². The van der Waals surface area contributed by atoms with Gasteiger partial charge in [-0.05, 0) is 31.0 Å². The minimum absolute atomic E-state index is 0.0197. The molecule has 2 aliphatic rings. The zero-order valence-electron chi connectivity index (χ0n) is 14.0. The van der Waals surface area contributed by atoms with Gasteiger partial charge in [0, 0.05) is 49.8 Å². The van der Waals surface area contributed by atoms with Crippen molar-refractivity contribution in [2.75, 3.05) is 31.1 Å². The standard InChI is InChI=1S/C18H21N5O2/c24-17(21-8-2-5-16(12-21)22-9-6-19-13-22)14-3-1-4-15(11-14)23-10-7-20-18(23)25/h1,3-4,6,9,11,13,16H,2,5,7-8,10,12H2,(H,20,25)/t16-/m0/s1. The molecule has 1 aromatic heterocycles. The maximum absolute atomic E-state index is 12.9. The smallest absolute Gasteiger partial charge is 0.321 e. The molecule has 2 fully saturated rings. The molecule has 2 saturated heterocycles. The van der Waals surface area contributed by atoms with Crippen LogP contribution in [0.25, 0.3) is 0 Å². The van der Waals surface area contributed by atoms with Crippen molar-refractivity contribution in [3.05, 3.63) is 48.5 Å². The Balaban J connectivity index is 1.51. The molecule has 2 aromatic rings. The Kier molecular flexibility index (Phi) is 4.13. The number of piperidine rings is 1. The Labute approximate surface area is 146 Å². The summed E-state index contributed by atoms with van der Waals surface area (Å²) in [6, 6.07) is 7.50. The predicted octanol–water partition coefficient (Wildman–Crippen LogP) is 1.89. The van der Waals surface area contributed by atoms with Gasteiger partial charge in [0.2, 0.25) is 0 Å². The predicted molar refractivity (Wildman–Crippen MR) is 93.6 cm³/mol. The summed E-state index contributed by atoms with van der Waals surface area (Å²) in [4.78, 5) is 32.5. The van der Waals surface area contributed by atoms with Crippen molar-refractivity contribution >= 4 is 17.6 Å². The second-order valence-corrected chi connectivity index (χ2v) is 6.49. The second-order valence-electron chi connectivity index (χ2n) is 6.49. The molecule has 7 nitrogen and oxygen atoms in total. The number of hydrogen-bond donors (Lipinski definition) is 1. The monoisotopic (exact) mass is 339 g/mol. The number of amides is 3. The zero-order valence-corrected chi connectivity index (χ0v) is 14.0. The van der Waals surface area contributed by atoms with Gasteiger partial charge in [-0.15, -0.1) is 0 Å². The molecule has 2 aliphatic heterocycles. The first-order valence-corrected chi connectivity index (χ1v) is 8.64. The molecule has 3 amide bonds. The lowest BCUT2D eigenvalue weighted by molar-refractivity contribution is 0.0679. The number of carbonyl (C=O) groups is 2. The Morgan fingerprint density at radius 1 is 1.28 bits per heavy atom. The van der Waals surface area contributed by atoms with Gasteiger partial charge < -0.3 is 14.8 Å². The number of hydrogen-bond acceptors (Lipinski definition) is 3. The number of nitrogens with one attached hydrogen (secondary N) is 1. The average Bonchev–Trinajstić information content (AvgIpc) is 3.33. The Bertz CT molecular complexity index is 774. The summed E-state index contributed by atoms with van der Waals surface area (Å²) in [5.41, 5.74) is 1.40. The summed E-state index contributed by atoms with van der Waals surface area (Å²) >= 11 is 0. The zero-order chi connectivity index (χ0) is 17.2. The largest absolute Gasteiger partial charge is 0.337 e. The minimum atomic E-state index is -0.109. The van der Waals surface area contributed by atoms with Crippen LogP contribution in [0, 0.1) is 0 Å². The van der Waals surface area contributed by atoms with Crippen LogP contribution in [0.15, 0.2) is 43.0 Å². The molecular weight excluding hydrogens is 318 g/mol. The van der Waals surface area contributed by atoms with Gasteiger partial charge in [-0.3, -0.25) is 9.69 Å². The summed E-state index contributed by atoms with van der Waals surface area (Å²) in [5, 5.41) is 2.78. The van der Waals surface area contributed by atoms with Crippen LogP contribution in [-0.4, -0.2) is 52.6 Å². The first-order chi connectivity index (χ1) is 12.2. The van der Waals surface area contributed by atoms with Gasteiger partial charge in [0.1, 0.15) is 0 Å². The van der Waals surface area contributed by atoms with E-state index in [1.807, 2.05) is 41.7 Å². The molecule has 1 aromatic carbocycles. The topological polar surface area (TPSA) is 70.5 Å². The van der Waals surface area contributed by atoms with Gasteiger partial charge in [0.25, 0.3) is 5.91 Å². The quantitative estimate of drug-likeness (QED) is 0.928. The van der Waals surface area contributed by atoms with Gasteiger partial charge in [-0.1, -0.05) is 6.07 Å². The Morgan fingerprint density at radius 3 is 2.96 bits per heavy atom. The van der Waals surface area contributed by atoms with Crippen LogP contribution in [0.4, 0.5) is 10.5 Å². The molecule has 25 heavy (non-hydrogen) atoms. The lowest BCUT2D eigenvalue weighted by atomic mass is 10.0. The second kappa shape index (κ2) is 6.58. The number of carbonyl (C=O) groups excluding carboxylic acids is 2. The van der Waals surface area contributed by atoms with E-state index < -0.39 is 0 Å². The fraction of sp³-hybridized carbons (Fsp3) is 0.389. The highest BCUT2D eigenvalue weighted by Gasteiger charge is 2.26. The van der Waals surface area contributed by atoms with Crippen molar-refractivity contribution in [3.8, 4) is 0 Å². The highest BCUT2D eigenvalue weighted by Crippen LogP contribution is 2.24. The average molecular weight is 339 g/mol. The van der Waals surface area contributed by atoms with E-state index in [4.69, 9.17) is 0 Å². The molecule has 0 bridgehead atoms. The first kappa shape index (κ1) is 15.7. The molecule has 1 N–H and O–H groups in total. The molecular formula is C18H21N5O2. The first-order valence-electron chi connectivity index (χ1n) is 8.64. The molecule has 0 saturated carbocycles. The van der Waals surface area contributed by atoms with Crippen LogP contribution in [0.1, 0.15) is 29.2 Å². The maximum atomic E-state index is 12.9. The summed E-state index contributed by atoms with van der Waals surface area (Å²) < 4.78 is 2.07. The molecule has 0 radical (unpaired) electrons. The van der Waals surface area contributed by atoms with Crippen LogP contribution in [-0.2, 0) is 0 Å². The van der Waals surface area contributed by atoms with Gasteiger partial charge >= 0.3 is 6.03 Å². The molecule has 1 atom stereocenters. The van der Waals surface area contributed by atoms with Gasteiger partial charge in [0.15, 0.2) is 0 Å². The van der Waals surface area contributed by atoms with E-state index in [-0.39, 0.29) is 18.0 Å². The van der Waals surface area contributed by atoms with Gasteiger partial charge in [-0.25, -0.2) is 9.78 Å². The Morgan fingerprint density at radius 2 is 2.20 bits per heavy atom. The van der Waals surface area contributed by atoms with Gasteiger partial charge in [0.05, 0.1) is 12.4 Å². The van der Waals surface area contributed by atoms with Crippen molar-refractivity contribution in [2.45, 2.75) is 18.9 Å². The summed E-state index contributed by atoms with van der Waals surface area (Å²) in [5.74, 6) is 0.0197. The number of imidazole rings is 1. The Hall–Kier alpha value is -2.83. The SMILES string of the molecule is O=C(c1cccc(N2CCNC2=O)c1)N1CCC[C@H](n2ccnc2)C1. The van der Waals surface area contributed by atoms with Crippen molar-refractivity contribution in [1.29, 1.82) is 0 Å². The van der Waals surface area contributed by atoms with E-state index >= 15 is 0 Å². The third kappa shape index (κ3) is 3.09. The van der Waals surface area contributed by atoms with Crippen LogP contribution in [0.2, 0.25) is 0 Å². The lowest BCUT2D eigenvalue weighted by Gasteiger charge is -2.33. The van der Waals surface area contributed by atoms with Crippen molar-refractivity contribution in [2.24, 2.45) is 0 Å². The molecule has 0 spiro atoms. The van der Waals surface area contributed by atoms with E-state index in [2.05, 4.69) is 14.9 Å². The van der Waals surface area contributed by atoms with Crippen molar-refractivity contribution in [3.63, 3.8) is 0 Å². The number of anilines is 1. The highest BCUT2D eigenvalue weighted by atomic mass is 16.2. The number of rotatable bonds is 3.